The first-order valence-electron chi connectivity index (χ1n) is 4.00. The second-order valence-electron chi connectivity index (χ2n) is 2.57. The van der Waals surface area contributed by atoms with Crippen LogP contribution in [0.4, 0.5) is 0 Å². The van der Waals surface area contributed by atoms with Crippen LogP contribution in [0.25, 0.3) is 0 Å². The molecule has 0 radical (unpaired) electrons. The molecule has 0 amide bonds. The van der Waals surface area contributed by atoms with Gasteiger partial charge in [0.15, 0.2) is 0 Å². The molecule has 0 spiro atoms. The summed E-state index contributed by atoms with van der Waals surface area (Å²) in [5, 5.41) is 0. The SMILES string of the molecule is O=COC(=O)CCc1ccccc1.[NaH]. The van der Waals surface area contributed by atoms with Crippen LogP contribution in [-0.2, 0) is 20.7 Å². The zero-order valence-corrected chi connectivity index (χ0v) is 7.10. The number of aryl methyl sites for hydroxylation is 1. The van der Waals surface area contributed by atoms with E-state index in [4.69, 9.17) is 0 Å². The standard InChI is InChI=1S/C10H10O3.Na.H/c11-8-13-10(12)7-6-9-4-2-1-3-5-9;;/h1-5,8H,6-7H2;;. The van der Waals surface area contributed by atoms with Crippen LogP contribution in [0.3, 0.4) is 0 Å². The molecule has 70 valence electrons. The number of esters is 1. The van der Waals surface area contributed by atoms with Gasteiger partial charge in [-0.1, -0.05) is 30.3 Å². The molecule has 1 aromatic carbocycles. The Labute approximate surface area is 105 Å². The first-order chi connectivity index (χ1) is 6.33. The van der Waals surface area contributed by atoms with Crippen molar-refractivity contribution < 1.29 is 14.3 Å². The Hall–Kier alpha value is -0.640. The van der Waals surface area contributed by atoms with Crippen LogP contribution in [0.15, 0.2) is 30.3 Å². The molecule has 0 aliphatic rings. The van der Waals surface area contributed by atoms with Gasteiger partial charge in [-0.05, 0) is 12.0 Å². The fourth-order valence-corrected chi connectivity index (χ4v) is 1.00. The predicted octanol–water partition coefficient (Wildman–Crippen LogP) is 0.670. The number of hydrogen-bond donors (Lipinski definition) is 0. The molecule has 0 saturated heterocycles. The van der Waals surface area contributed by atoms with E-state index in [9.17, 15) is 9.59 Å². The number of ether oxygens (including phenoxy) is 1. The first kappa shape index (κ1) is 13.4. The molecule has 3 nitrogen and oxygen atoms in total. The Morgan fingerprint density at radius 2 is 1.93 bits per heavy atom. The van der Waals surface area contributed by atoms with Crippen LogP contribution in [0, 0.1) is 0 Å². The molecule has 0 bridgehead atoms. The van der Waals surface area contributed by atoms with Gasteiger partial charge >= 0.3 is 42.0 Å². The fraction of sp³-hybridized carbons (Fsp3) is 0.200. The summed E-state index contributed by atoms with van der Waals surface area (Å²) in [5.74, 6) is -0.487. The Morgan fingerprint density at radius 1 is 1.29 bits per heavy atom. The van der Waals surface area contributed by atoms with E-state index in [0.717, 1.165) is 5.56 Å². The average Bonchev–Trinajstić information content (AvgIpc) is 2.17. The quantitative estimate of drug-likeness (QED) is 0.312. The van der Waals surface area contributed by atoms with Gasteiger partial charge < -0.3 is 4.74 Å². The monoisotopic (exact) mass is 202 g/mol. The molecule has 0 unspecified atom stereocenters. The van der Waals surface area contributed by atoms with E-state index in [1.165, 1.54) is 0 Å². The summed E-state index contributed by atoms with van der Waals surface area (Å²) in [6.07, 6.45) is 0.844. The third-order valence-electron chi connectivity index (χ3n) is 1.64. The third-order valence-corrected chi connectivity index (χ3v) is 1.64. The van der Waals surface area contributed by atoms with Crippen LogP contribution < -0.4 is 0 Å². The molecule has 14 heavy (non-hydrogen) atoms. The van der Waals surface area contributed by atoms with E-state index < -0.39 is 5.97 Å². The average molecular weight is 202 g/mol. The summed E-state index contributed by atoms with van der Waals surface area (Å²) in [5.41, 5.74) is 1.06. The zero-order valence-electron chi connectivity index (χ0n) is 7.10. The zero-order chi connectivity index (χ0) is 9.52. The van der Waals surface area contributed by atoms with E-state index in [1.54, 1.807) is 0 Å². The molecule has 0 N–H and O–H groups in total. The van der Waals surface area contributed by atoms with Gasteiger partial charge in [0.05, 0.1) is 6.42 Å². The van der Waals surface area contributed by atoms with Crippen LogP contribution >= 0.6 is 0 Å². The van der Waals surface area contributed by atoms with Crippen LogP contribution in [-0.4, -0.2) is 42.0 Å². The number of hydrogen-bond acceptors (Lipinski definition) is 3. The van der Waals surface area contributed by atoms with Crippen molar-refractivity contribution in [2.75, 3.05) is 0 Å². The van der Waals surface area contributed by atoms with E-state index >= 15 is 0 Å². The molecule has 0 heterocycles. The van der Waals surface area contributed by atoms with Crippen molar-refractivity contribution in [2.45, 2.75) is 12.8 Å². The molecule has 0 atom stereocenters. The number of carbonyl (C=O) groups is 2. The van der Waals surface area contributed by atoms with Crippen molar-refractivity contribution in [1.29, 1.82) is 0 Å². The first-order valence-corrected chi connectivity index (χ1v) is 4.00. The molecule has 1 aromatic rings. The second kappa shape index (κ2) is 7.74. The summed E-state index contributed by atoms with van der Waals surface area (Å²) < 4.78 is 4.14. The molecule has 4 heteroatoms. The summed E-state index contributed by atoms with van der Waals surface area (Å²) in [4.78, 5) is 20.5. The summed E-state index contributed by atoms with van der Waals surface area (Å²) >= 11 is 0. The Morgan fingerprint density at radius 3 is 2.50 bits per heavy atom. The second-order valence-corrected chi connectivity index (χ2v) is 2.57. The van der Waals surface area contributed by atoms with E-state index in [2.05, 4.69) is 4.74 Å². The number of benzene rings is 1. The predicted molar refractivity (Wildman–Crippen MR) is 54.1 cm³/mol. The summed E-state index contributed by atoms with van der Waals surface area (Å²) in [6, 6.07) is 9.57. The minimum atomic E-state index is -0.487. The summed E-state index contributed by atoms with van der Waals surface area (Å²) in [7, 11) is 0. The van der Waals surface area contributed by atoms with E-state index in [-0.39, 0.29) is 42.5 Å². The molecular formula is C10H11NaO3. The topological polar surface area (TPSA) is 43.4 Å². The van der Waals surface area contributed by atoms with Gasteiger partial charge in [-0.2, -0.15) is 0 Å². The van der Waals surface area contributed by atoms with Gasteiger partial charge in [-0.15, -0.1) is 0 Å². The van der Waals surface area contributed by atoms with Crippen LogP contribution in [0.2, 0.25) is 0 Å². The summed E-state index contributed by atoms with van der Waals surface area (Å²) in [6.45, 7) is 0.160. The maximum atomic E-state index is 10.8. The maximum absolute atomic E-state index is 10.8. The molecule has 1 rings (SSSR count). The Bertz CT molecular complexity index is 285. The Balaban J connectivity index is 0.00000169. The molecule has 0 aliphatic carbocycles. The molecule has 0 fully saturated rings. The van der Waals surface area contributed by atoms with Crippen molar-refractivity contribution >= 4 is 42.0 Å². The van der Waals surface area contributed by atoms with Crippen molar-refractivity contribution in [2.24, 2.45) is 0 Å². The van der Waals surface area contributed by atoms with Crippen LogP contribution in [0.5, 0.6) is 0 Å². The Kier molecular flexibility index (Phi) is 7.38. The van der Waals surface area contributed by atoms with E-state index in [1.807, 2.05) is 30.3 Å². The molecule has 0 saturated carbocycles. The molecular weight excluding hydrogens is 191 g/mol. The number of rotatable bonds is 4. The van der Waals surface area contributed by atoms with Gasteiger partial charge in [0, 0.05) is 0 Å². The van der Waals surface area contributed by atoms with Gasteiger partial charge in [0.2, 0.25) is 0 Å². The normalized spacial score (nSPS) is 8.57. The van der Waals surface area contributed by atoms with Gasteiger partial charge in [0.1, 0.15) is 0 Å². The van der Waals surface area contributed by atoms with E-state index in [0.29, 0.717) is 6.42 Å². The number of carbonyl (C=O) groups excluding carboxylic acids is 2. The van der Waals surface area contributed by atoms with Crippen LogP contribution in [0.1, 0.15) is 12.0 Å². The van der Waals surface area contributed by atoms with Crippen molar-refractivity contribution in [3.8, 4) is 0 Å². The third kappa shape index (κ3) is 5.17. The molecule has 0 aromatic heterocycles. The van der Waals surface area contributed by atoms with Crippen molar-refractivity contribution in [3.05, 3.63) is 35.9 Å². The van der Waals surface area contributed by atoms with Crippen molar-refractivity contribution in [1.82, 2.24) is 0 Å². The van der Waals surface area contributed by atoms with Gasteiger partial charge in [0.25, 0.3) is 0 Å². The minimum absolute atomic E-state index is 0. The van der Waals surface area contributed by atoms with Crippen molar-refractivity contribution in [3.63, 3.8) is 0 Å². The van der Waals surface area contributed by atoms with Gasteiger partial charge in [-0.25, -0.2) is 0 Å². The molecule has 0 aliphatic heterocycles. The van der Waals surface area contributed by atoms with Gasteiger partial charge in [-0.3, -0.25) is 9.59 Å². The fourth-order valence-electron chi connectivity index (χ4n) is 1.00.